The lowest BCUT2D eigenvalue weighted by Crippen LogP contribution is -2.40. The highest BCUT2D eigenvalue weighted by molar-refractivity contribution is 9.10. The Balaban J connectivity index is 3.36. The Bertz CT molecular complexity index is 475. The fourth-order valence-electron chi connectivity index (χ4n) is 2.41. The highest BCUT2D eigenvalue weighted by Gasteiger charge is 2.41. The predicted octanol–water partition coefficient (Wildman–Crippen LogP) is 3.39. The van der Waals surface area contributed by atoms with E-state index in [1.54, 1.807) is 26.0 Å². The van der Waals surface area contributed by atoms with E-state index in [9.17, 15) is 9.18 Å². The van der Waals surface area contributed by atoms with Crippen molar-refractivity contribution >= 4 is 21.9 Å². The summed E-state index contributed by atoms with van der Waals surface area (Å²) in [5.74, 6) is -0.704. The standard InChI is InChI=1S/C14H19BrFNO2/c1-14(2,13(18)19-5)12(17(3)4)10-8-9(15)6-7-11(10)16/h6-8,12H,1-5H3. The monoisotopic (exact) mass is 331 g/mol. The Hall–Kier alpha value is -0.940. The van der Waals surface area contributed by atoms with Gasteiger partial charge in [0.25, 0.3) is 0 Å². The molecule has 3 nitrogen and oxygen atoms in total. The van der Waals surface area contributed by atoms with E-state index in [0.29, 0.717) is 5.56 Å². The molecular formula is C14H19BrFNO2. The summed E-state index contributed by atoms with van der Waals surface area (Å²) in [6.07, 6.45) is 0. The van der Waals surface area contributed by atoms with Gasteiger partial charge in [0, 0.05) is 10.0 Å². The van der Waals surface area contributed by atoms with Gasteiger partial charge >= 0.3 is 5.97 Å². The maximum absolute atomic E-state index is 14.1. The summed E-state index contributed by atoms with van der Waals surface area (Å²) in [6, 6.07) is 4.31. The highest BCUT2D eigenvalue weighted by Crippen LogP contribution is 2.39. The van der Waals surface area contributed by atoms with Crippen LogP contribution in [0.2, 0.25) is 0 Å². The van der Waals surface area contributed by atoms with E-state index < -0.39 is 11.5 Å². The molecule has 0 amide bonds. The van der Waals surface area contributed by atoms with E-state index in [4.69, 9.17) is 4.74 Å². The number of carbonyl (C=O) groups excluding carboxylic acids is 1. The molecule has 0 heterocycles. The van der Waals surface area contributed by atoms with Crippen molar-refractivity contribution in [2.24, 2.45) is 5.41 Å². The van der Waals surface area contributed by atoms with Crippen molar-refractivity contribution in [2.75, 3.05) is 21.2 Å². The van der Waals surface area contributed by atoms with Gasteiger partial charge in [0.2, 0.25) is 0 Å². The van der Waals surface area contributed by atoms with Gasteiger partial charge in [-0.15, -0.1) is 0 Å². The number of esters is 1. The van der Waals surface area contributed by atoms with Crippen LogP contribution in [-0.2, 0) is 9.53 Å². The number of carbonyl (C=O) groups is 1. The molecule has 0 bridgehead atoms. The van der Waals surface area contributed by atoms with Crippen molar-refractivity contribution in [3.8, 4) is 0 Å². The summed E-state index contributed by atoms with van der Waals surface area (Å²) in [6.45, 7) is 3.51. The van der Waals surface area contributed by atoms with Crippen LogP contribution in [0.4, 0.5) is 4.39 Å². The van der Waals surface area contributed by atoms with Gasteiger partial charge in [-0.25, -0.2) is 4.39 Å². The zero-order valence-corrected chi connectivity index (χ0v) is 13.4. The summed E-state index contributed by atoms with van der Waals surface area (Å²) in [5, 5.41) is 0. The van der Waals surface area contributed by atoms with Gasteiger partial charge < -0.3 is 9.64 Å². The first-order valence-corrected chi connectivity index (χ1v) is 6.71. The fourth-order valence-corrected chi connectivity index (χ4v) is 2.79. The van der Waals surface area contributed by atoms with Gasteiger partial charge in [0.15, 0.2) is 0 Å². The summed E-state index contributed by atoms with van der Waals surface area (Å²) < 4.78 is 19.7. The van der Waals surface area contributed by atoms with E-state index in [1.165, 1.54) is 13.2 Å². The third kappa shape index (κ3) is 3.34. The number of hydrogen-bond donors (Lipinski definition) is 0. The lowest BCUT2D eigenvalue weighted by atomic mass is 9.79. The minimum absolute atomic E-state index is 0.334. The quantitative estimate of drug-likeness (QED) is 0.792. The molecule has 0 saturated carbocycles. The number of methoxy groups -OCH3 is 1. The molecule has 0 spiro atoms. The largest absolute Gasteiger partial charge is 0.469 e. The molecular weight excluding hydrogens is 313 g/mol. The number of rotatable bonds is 4. The summed E-state index contributed by atoms with van der Waals surface area (Å²) >= 11 is 3.33. The molecule has 1 aromatic carbocycles. The highest BCUT2D eigenvalue weighted by atomic mass is 79.9. The fraction of sp³-hybridized carbons (Fsp3) is 0.500. The molecule has 1 rings (SSSR count). The smallest absolute Gasteiger partial charge is 0.313 e. The molecule has 0 aliphatic rings. The second-order valence-electron chi connectivity index (χ2n) is 5.25. The van der Waals surface area contributed by atoms with E-state index >= 15 is 0 Å². The average Bonchev–Trinajstić information content (AvgIpc) is 2.32. The van der Waals surface area contributed by atoms with Gasteiger partial charge in [-0.1, -0.05) is 15.9 Å². The molecule has 0 aliphatic heterocycles. The van der Waals surface area contributed by atoms with Crippen LogP contribution in [-0.4, -0.2) is 32.1 Å². The summed E-state index contributed by atoms with van der Waals surface area (Å²) in [7, 11) is 4.97. The van der Waals surface area contributed by atoms with Crippen molar-refractivity contribution in [1.82, 2.24) is 4.90 Å². The molecule has 0 saturated heterocycles. The van der Waals surface area contributed by atoms with Gasteiger partial charge in [-0.3, -0.25) is 4.79 Å². The topological polar surface area (TPSA) is 29.5 Å². The Morgan fingerprint density at radius 3 is 2.47 bits per heavy atom. The molecule has 0 radical (unpaired) electrons. The van der Waals surface area contributed by atoms with E-state index in [0.717, 1.165) is 4.47 Å². The molecule has 0 N–H and O–H groups in total. The number of hydrogen-bond acceptors (Lipinski definition) is 3. The average molecular weight is 332 g/mol. The van der Waals surface area contributed by atoms with Gasteiger partial charge in [0.1, 0.15) is 5.82 Å². The molecule has 0 fully saturated rings. The number of benzene rings is 1. The lowest BCUT2D eigenvalue weighted by Gasteiger charge is -2.37. The molecule has 1 unspecified atom stereocenters. The number of ether oxygens (including phenoxy) is 1. The normalized spacial score (nSPS) is 13.5. The minimum Gasteiger partial charge on any atom is -0.469 e. The Morgan fingerprint density at radius 1 is 1.42 bits per heavy atom. The van der Waals surface area contributed by atoms with Crippen molar-refractivity contribution in [3.05, 3.63) is 34.1 Å². The second kappa shape index (κ2) is 6.01. The van der Waals surface area contributed by atoms with Crippen LogP contribution in [0, 0.1) is 11.2 Å². The molecule has 1 aromatic rings. The Morgan fingerprint density at radius 2 is 2.00 bits per heavy atom. The maximum atomic E-state index is 14.1. The van der Waals surface area contributed by atoms with Crippen LogP contribution in [0.25, 0.3) is 0 Å². The number of nitrogens with zero attached hydrogens (tertiary/aromatic N) is 1. The van der Waals surface area contributed by atoms with Crippen LogP contribution < -0.4 is 0 Å². The molecule has 1 atom stereocenters. The molecule has 106 valence electrons. The predicted molar refractivity (Wildman–Crippen MR) is 76.3 cm³/mol. The molecule has 19 heavy (non-hydrogen) atoms. The molecule has 0 aliphatic carbocycles. The molecule has 5 heteroatoms. The van der Waals surface area contributed by atoms with Crippen LogP contribution in [0.1, 0.15) is 25.5 Å². The SMILES string of the molecule is COC(=O)C(C)(C)C(c1cc(Br)ccc1F)N(C)C. The van der Waals surface area contributed by atoms with Crippen LogP contribution in [0.3, 0.4) is 0 Å². The van der Waals surface area contributed by atoms with Crippen molar-refractivity contribution in [1.29, 1.82) is 0 Å². The van der Waals surface area contributed by atoms with E-state index in [1.807, 2.05) is 19.0 Å². The Labute approximate surface area is 121 Å². The Kier molecular flexibility index (Phi) is 5.10. The number of halogens is 2. The zero-order chi connectivity index (χ0) is 14.8. The maximum Gasteiger partial charge on any atom is 0.313 e. The summed E-state index contributed by atoms with van der Waals surface area (Å²) in [5.41, 5.74) is -0.394. The van der Waals surface area contributed by atoms with E-state index in [2.05, 4.69) is 15.9 Å². The van der Waals surface area contributed by atoms with Crippen molar-refractivity contribution in [3.63, 3.8) is 0 Å². The van der Waals surface area contributed by atoms with Crippen LogP contribution in [0.15, 0.2) is 22.7 Å². The van der Waals surface area contributed by atoms with Crippen LogP contribution in [0.5, 0.6) is 0 Å². The second-order valence-corrected chi connectivity index (χ2v) is 6.16. The van der Waals surface area contributed by atoms with Crippen LogP contribution >= 0.6 is 15.9 Å². The third-order valence-electron chi connectivity index (χ3n) is 3.16. The molecule has 0 aromatic heterocycles. The minimum atomic E-state index is -0.861. The summed E-state index contributed by atoms with van der Waals surface area (Å²) in [4.78, 5) is 13.8. The van der Waals surface area contributed by atoms with Crippen molar-refractivity contribution < 1.29 is 13.9 Å². The first-order valence-electron chi connectivity index (χ1n) is 5.91. The van der Waals surface area contributed by atoms with E-state index in [-0.39, 0.29) is 11.8 Å². The van der Waals surface area contributed by atoms with Crippen molar-refractivity contribution in [2.45, 2.75) is 19.9 Å². The zero-order valence-electron chi connectivity index (χ0n) is 11.8. The first-order chi connectivity index (χ1) is 8.71. The van der Waals surface area contributed by atoms with Gasteiger partial charge in [-0.2, -0.15) is 0 Å². The lowest BCUT2D eigenvalue weighted by molar-refractivity contribution is -0.154. The van der Waals surface area contributed by atoms with Gasteiger partial charge in [0.05, 0.1) is 18.6 Å². The third-order valence-corrected chi connectivity index (χ3v) is 3.66. The first kappa shape index (κ1) is 16.1. The van der Waals surface area contributed by atoms with Gasteiger partial charge in [-0.05, 0) is 46.1 Å².